The predicted molar refractivity (Wildman–Crippen MR) is 191 cm³/mol. The van der Waals surface area contributed by atoms with Crippen LogP contribution in [0.1, 0.15) is 0 Å². The van der Waals surface area contributed by atoms with E-state index in [4.69, 9.17) is 4.42 Å². The second-order valence-corrected chi connectivity index (χ2v) is 12.1. The Bertz CT molecular complexity index is 2870. The smallest absolute Gasteiger partial charge is 0.200 e. The van der Waals surface area contributed by atoms with Crippen LogP contribution in [0, 0.1) is 0 Å². The lowest BCUT2D eigenvalue weighted by atomic mass is 9.94. The molecule has 3 nitrogen and oxygen atoms in total. The Labute approximate surface area is 263 Å². The minimum absolute atomic E-state index is 0.00121. The molecule has 0 fully saturated rings. The number of hydrogen-bond acceptors (Lipinski definition) is 2. The Balaban J connectivity index is 1.06. The molecule has 0 unspecified atom stereocenters. The van der Waals surface area contributed by atoms with Gasteiger partial charge in [-0.1, -0.05) is 109 Å². The molecule has 0 aliphatic heterocycles. The minimum Gasteiger partial charge on any atom is -0.456 e. The number of para-hydroxylation sites is 3. The Morgan fingerprint density at radius 2 is 1.02 bits per heavy atom. The Hall–Kier alpha value is -6.19. The second-order valence-electron chi connectivity index (χ2n) is 12.1. The van der Waals surface area contributed by atoms with E-state index in [0.717, 1.165) is 16.7 Å². The maximum absolute atomic E-state index is 13.0. The molecule has 0 saturated carbocycles. The van der Waals surface area contributed by atoms with Crippen molar-refractivity contribution >= 4 is 60.0 Å². The average molecular weight is 588 g/mol. The summed E-state index contributed by atoms with van der Waals surface area (Å²) in [4.78, 5) is 13.0. The molecule has 3 aromatic heterocycles. The van der Waals surface area contributed by atoms with Gasteiger partial charge >= 0.3 is 0 Å². The van der Waals surface area contributed by atoms with Crippen LogP contribution in [0.3, 0.4) is 0 Å². The van der Waals surface area contributed by atoms with Gasteiger partial charge in [0.25, 0.3) is 0 Å². The van der Waals surface area contributed by atoms with Crippen LogP contribution in [0.5, 0.6) is 0 Å². The highest BCUT2D eigenvalue weighted by atomic mass is 16.3. The van der Waals surface area contributed by atoms with Crippen molar-refractivity contribution in [1.29, 1.82) is 0 Å². The normalized spacial score (nSPS) is 12.0. The van der Waals surface area contributed by atoms with Crippen molar-refractivity contribution in [2.45, 2.75) is 0 Å². The largest absolute Gasteiger partial charge is 0.456 e. The summed E-state index contributed by atoms with van der Waals surface area (Å²) in [6.45, 7) is 0. The fourth-order valence-electron chi connectivity index (χ4n) is 7.42. The fraction of sp³-hybridized carbons (Fsp3) is 0. The van der Waals surface area contributed by atoms with Gasteiger partial charge < -0.3 is 8.82 Å². The Kier molecular flexibility index (Phi) is 5.15. The Morgan fingerprint density at radius 1 is 0.413 bits per heavy atom. The van der Waals surface area contributed by atoms with E-state index in [2.05, 4.69) is 114 Å². The van der Waals surface area contributed by atoms with Gasteiger partial charge in [-0.05, 0) is 75.8 Å². The first kappa shape index (κ1) is 25.2. The van der Waals surface area contributed by atoms with Crippen molar-refractivity contribution < 1.29 is 4.42 Å². The SMILES string of the molecule is O=c1c2ccccc2oc2cc(-c3ccc(-c4cccc(-c5cccc6c5c5cccc7c8ccccc8n6c75)c4)cc3)ccc12. The maximum Gasteiger partial charge on any atom is 0.200 e. The molecule has 3 heteroatoms. The van der Waals surface area contributed by atoms with Crippen LogP contribution in [0.4, 0.5) is 0 Å². The van der Waals surface area contributed by atoms with Gasteiger partial charge in [-0.15, -0.1) is 0 Å². The summed E-state index contributed by atoms with van der Waals surface area (Å²) in [7, 11) is 0. The molecule has 0 amide bonds. The van der Waals surface area contributed by atoms with Gasteiger partial charge in [0.15, 0.2) is 0 Å². The van der Waals surface area contributed by atoms with E-state index in [0.29, 0.717) is 21.9 Å². The van der Waals surface area contributed by atoms with Gasteiger partial charge in [-0.25, -0.2) is 0 Å². The topological polar surface area (TPSA) is 34.6 Å². The lowest BCUT2D eigenvalue weighted by Crippen LogP contribution is -2.01. The highest BCUT2D eigenvalue weighted by molar-refractivity contribution is 6.25. The van der Waals surface area contributed by atoms with Crippen LogP contribution in [-0.4, -0.2) is 4.40 Å². The van der Waals surface area contributed by atoms with E-state index in [1.165, 1.54) is 54.8 Å². The maximum atomic E-state index is 13.0. The van der Waals surface area contributed by atoms with Crippen molar-refractivity contribution in [2.24, 2.45) is 0 Å². The summed E-state index contributed by atoms with van der Waals surface area (Å²) in [5, 5.41) is 6.37. The molecule has 0 saturated heterocycles. The second kappa shape index (κ2) is 9.40. The van der Waals surface area contributed by atoms with Crippen molar-refractivity contribution in [1.82, 2.24) is 4.40 Å². The molecule has 3 heterocycles. The van der Waals surface area contributed by atoms with Crippen molar-refractivity contribution in [3.05, 3.63) is 162 Å². The molecule has 0 atom stereocenters. The standard InChI is InChI=1S/C43H25NO2/c45-43-34-11-2-4-17-39(34)46-40-25-29(22-23-35(40)43)27-20-18-26(19-21-27)28-8-5-9-30(24-28)31-12-7-16-38-41(31)36-14-6-13-33-32-10-1-3-15-37(32)44(38)42(33)36/h1-25H. The van der Waals surface area contributed by atoms with Crippen LogP contribution < -0.4 is 5.43 Å². The first-order valence-electron chi connectivity index (χ1n) is 15.6. The van der Waals surface area contributed by atoms with Crippen LogP contribution >= 0.6 is 0 Å². The number of fused-ring (bicyclic) bond motifs is 8. The van der Waals surface area contributed by atoms with Crippen LogP contribution in [-0.2, 0) is 0 Å². The van der Waals surface area contributed by atoms with Gasteiger partial charge in [-0.2, -0.15) is 0 Å². The molecule has 0 spiro atoms. The predicted octanol–water partition coefficient (Wildman–Crippen LogP) is 11.1. The van der Waals surface area contributed by atoms with Crippen LogP contribution in [0.2, 0.25) is 0 Å². The van der Waals surface area contributed by atoms with Crippen molar-refractivity contribution in [3.63, 3.8) is 0 Å². The summed E-state index contributed by atoms with van der Waals surface area (Å²) in [6.07, 6.45) is 0. The number of nitrogens with zero attached hydrogens (tertiary/aromatic N) is 1. The number of aromatic nitrogens is 1. The zero-order valence-corrected chi connectivity index (χ0v) is 24.7. The third-order valence-electron chi connectivity index (χ3n) is 9.55. The lowest BCUT2D eigenvalue weighted by molar-refractivity contribution is 0.660. The van der Waals surface area contributed by atoms with Crippen LogP contribution in [0.25, 0.3) is 93.4 Å². The van der Waals surface area contributed by atoms with Crippen molar-refractivity contribution in [2.75, 3.05) is 0 Å². The fourth-order valence-corrected chi connectivity index (χ4v) is 7.42. The average Bonchev–Trinajstić information content (AvgIpc) is 3.64. The zero-order chi connectivity index (χ0) is 30.4. The monoisotopic (exact) mass is 587 g/mol. The van der Waals surface area contributed by atoms with E-state index >= 15 is 0 Å². The summed E-state index contributed by atoms with van der Waals surface area (Å²) >= 11 is 0. The highest BCUT2D eigenvalue weighted by Gasteiger charge is 2.19. The summed E-state index contributed by atoms with van der Waals surface area (Å²) < 4.78 is 8.55. The Morgan fingerprint density at radius 3 is 1.89 bits per heavy atom. The van der Waals surface area contributed by atoms with Gasteiger partial charge in [0.2, 0.25) is 5.43 Å². The molecule has 214 valence electrons. The van der Waals surface area contributed by atoms with E-state index in [9.17, 15) is 4.79 Å². The van der Waals surface area contributed by atoms with Gasteiger partial charge in [-0.3, -0.25) is 4.79 Å². The highest BCUT2D eigenvalue weighted by Crippen LogP contribution is 2.43. The number of rotatable bonds is 3. The molecule has 0 aliphatic rings. The molecule has 0 aliphatic carbocycles. The molecule has 46 heavy (non-hydrogen) atoms. The van der Waals surface area contributed by atoms with Crippen LogP contribution in [0.15, 0.2) is 161 Å². The third kappa shape index (κ3) is 3.51. The molecule has 0 radical (unpaired) electrons. The van der Waals surface area contributed by atoms with E-state index in [1.807, 2.05) is 42.5 Å². The summed E-state index contributed by atoms with van der Waals surface area (Å²) in [5.41, 5.74) is 11.8. The number of hydrogen-bond donors (Lipinski definition) is 0. The summed E-state index contributed by atoms with van der Waals surface area (Å²) in [5.74, 6) is 0. The molecule has 10 rings (SSSR count). The molecular weight excluding hydrogens is 562 g/mol. The van der Waals surface area contributed by atoms with Crippen molar-refractivity contribution in [3.8, 4) is 33.4 Å². The molecule has 7 aromatic carbocycles. The molecule has 0 N–H and O–H groups in total. The van der Waals surface area contributed by atoms with E-state index in [-0.39, 0.29) is 5.43 Å². The minimum atomic E-state index is 0.00121. The first-order chi connectivity index (χ1) is 22.7. The van der Waals surface area contributed by atoms with E-state index in [1.54, 1.807) is 0 Å². The van der Waals surface area contributed by atoms with Gasteiger partial charge in [0, 0.05) is 21.5 Å². The summed E-state index contributed by atoms with van der Waals surface area (Å²) in [6, 6.07) is 52.8. The third-order valence-corrected chi connectivity index (χ3v) is 9.55. The molecule has 0 bridgehead atoms. The quantitative estimate of drug-likeness (QED) is 0.193. The lowest BCUT2D eigenvalue weighted by Gasteiger charge is -2.10. The zero-order valence-electron chi connectivity index (χ0n) is 24.7. The number of benzene rings is 7. The molecule has 10 aromatic rings. The van der Waals surface area contributed by atoms with E-state index < -0.39 is 0 Å². The first-order valence-corrected chi connectivity index (χ1v) is 15.6. The van der Waals surface area contributed by atoms with Gasteiger partial charge in [0.1, 0.15) is 11.2 Å². The molecular formula is C43H25NO2. The van der Waals surface area contributed by atoms with Gasteiger partial charge in [0.05, 0.1) is 27.3 Å².